The van der Waals surface area contributed by atoms with Crippen LogP contribution in [0.15, 0.2) is 30.5 Å². The van der Waals surface area contributed by atoms with Crippen molar-refractivity contribution in [1.82, 2.24) is 9.78 Å². The predicted molar refractivity (Wildman–Crippen MR) is 72.7 cm³/mol. The minimum absolute atomic E-state index is 0.0104. The standard InChI is InChI=1S/C13H16N2O3S/c1-10-4-6-13(7-5-10)15-8-12(11(2)14-15)9-18-19(3,16)17/h4-8H,9H2,1-3H3. The number of aryl methyl sites for hydroxylation is 2. The maximum Gasteiger partial charge on any atom is 0.264 e. The topological polar surface area (TPSA) is 61.2 Å². The normalized spacial score (nSPS) is 11.7. The van der Waals surface area contributed by atoms with Gasteiger partial charge < -0.3 is 0 Å². The lowest BCUT2D eigenvalue weighted by Gasteiger charge is -2.01. The summed E-state index contributed by atoms with van der Waals surface area (Å²) in [5.41, 5.74) is 3.61. The van der Waals surface area contributed by atoms with E-state index in [1.165, 1.54) is 5.56 Å². The van der Waals surface area contributed by atoms with Gasteiger partial charge in [0.25, 0.3) is 10.1 Å². The van der Waals surface area contributed by atoms with Crippen LogP contribution in [0.3, 0.4) is 0 Å². The van der Waals surface area contributed by atoms with Crippen molar-refractivity contribution in [3.63, 3.8) is 0 Å². The van der Waals surface area contributed by atoms with Crippen LogP contribution in [0.5, 0.6) is 0 Å². The number of rotatable bonds is 4. The molecule has 0 saturated heterocycles. The lowest BCUT2D eigenvalue weighted by molar-refractivity contribution is 0.311. The van der Waals surface area contributed by atoms with Crippen LogP contribution in [-0.2, 0) is 20.9 Å². The molecule has 0 bridgehead atoms. The van der Waals surface area contributed by atoms with Crippen molar-refractivity contribution in [3.8, 4) is 5.69 Å². The Morgan fingerprint density at radius 3 is 2.42 bits per heavy atom. The molecule has 2 rings (SSSR count). The molecule has 0 amide bonds. The average molecular weight is 280 g/mol. The zero-order chi connectivity index (χ0) is 14.0. The van der Waals surface area contributed by atoms with Crippen LogP contribution >= 0.6 is 0 Å². The Labute approximate surface area is 113 Å². The minimum atomic E-state index is -3.44. The minimum Gasteiger partial charge on any atom is -0.265 e. The molecule has 5 nitrogen and oxygen atoms in total. The first-order valence-corrected chi connectivity index (χ1v) is 7.63. The van der Waals surface area contributed by atoms with Crippen molar-refractivity contribution >= 4 is 10.1 Å². The Morgan fingerprint density at radius 2 is 1.84 bits per heavy atom. The van der Waals surface area contributed by atoms with Crippen LogP contribution in [0.1, 0.15) is 16.8 Å². The summed E-state index contributed by atoms with van der Waals surface area (Å²) in [4.78, 5) is 0. The Balaban J connectivity index is 2.23. The largest absolute Gasteiger partial charge is 0.265 e. The molecule has 2 aromatic rings. The molecule has 6 heteroatoms. The highest BCUT2D eigenvalue weighted by Gasteiger charge is 2.09. The Bertz CT molecular complexity index is 672. The Kier molecular flexibility index (Phi) is 3.73. The maximum atomic E-state index is 11.0. The van der Waals surface area contributed by atoms with Crippen molar-refractivity contribution in [2.45, 2.75) is 20.5 Å². The van der Waals surface area contributed by atoms with Gasteiger partial charge in [-0.1, -0.05) is 17.7 Å². The molecule has 0 atom stereocenters. The van der Waals surface area contributed by atoms with Gasteiger partial charge in [0.05, 0.1) is 24.2 Å². The van der Waals surface area contributed by atoms with E-state index in [-0.39, 0.29) is 6.61 Å². The van der Waals surface area contributed by atoms with Gasteiger partial charge in [-0.05, 0) is 26.0 Å². The third-order valence-electron chi connectivity index (χ3n) is 2.73. The molecule has 0 saturated carbocycles. The molecule has 0 radical (unpaired) electrons. The number of aromatic nitrogens is 2. The maximum absolute atomic E-state index is 11.0. The molecule has 1 heterocycles. The summed E-state index contributed by atoms with van der Waals surface area (Å²) in [5, 5.41) is 4.35. The van der Waals surface area contributed by atoms with E-state index in [1.807, 2.05) is 38.1 Å². The van der Waals surface area contributed by atoms with Gasteiger partial charge in [0.2, 0.25) is 0 Å². The zero-order valence-electron chi connectivity index (χ0n) is 11.1. The molecule has 0 N–H and O–H groups in total. The van der Waals surface area contributed by atoms with E-state index < -0.39 is 10.1 Å². The van der Waals surface area contributed by atoms with E-state index in [0.29, 0.717) is 0 Å². The molecule has 19 heavy (non-hydrogen) atoms. The first kappa shape index (κ1) is 13.8. The summed E-state index contributed by atoms with van der Waals surface area (Å²) in [5.74, 6) is 0. The fourth-order valence-corrected chi connectivity index (χ4v) is 1.98. The average Bonchev–Trinajstić information content (AvgIpc) is 2.68. The second-order valence-corrected chi connectivity index (χ2v) is 6.13. The van der Waals surface area contributed by atoms with Gasteiger partial charge in [-0.3, -0.25) is 4.18 Å². The van der Waals surface area contributed by atoms with Crippen LogP contribution in [0.2, 0.25) is 0 Å². The van der Waals surface area contributed by atoms with Gasteiger partial charge >= 0.3 is 0 Å². The van der Waals surface area contributed by atoms with Crippen molar-refractivity contribution in [2.75, 3.05) is 6.26 Å². The van der Waals surface area contributed by atoms with Crippen molar-refractivity contribution in [2.24, 2.45) is 0 Å². The number of nitrogens with zero attached hydrogens (tertiary/aromatic N) is 2. The summed E-state index contributed by atoms with van der Waals surface area (Å²) < 4.78 is 28.5. The highest BCUT2D eigenvalue weighted by Crippen LogP contribution is 2.14. The molecule has 0 spiro atoms. The monoisotopic (exact) mass is 280 g/mol. The fourth-order valence-electron chi connectivity index (χ4n) is 1.64. The number of benzene rings is 1. The second kappa shape index (κ2) is 5.14. The predicted octanol–water partition coefficient (Wildman–Crippen LogP) is 1.97. The molecule has 0 unspecified atom stereocenters. The summed E-state index contributed by atoms with van der Waals surface area (Å²) in [6.07, 6.45) is 2.82. The molecule has 0 aliphatic rings. The second-order valence-electron chi connectivity index (χ2n) is 4.49. The van der Waals surface area contributed by atoms with Crippen LogP contribution < -0.4 is 0 Å². The molecule has 0 aliphatic heterocycles. The highest BCUT2D eigenvalue weighted by molar-refractivity contribution is 7.85. The molecule has 102 valence electrons. The van der Waals surface area contributed by atoms with Crippen LogP contribution in [0.4, 0.5) is 0 Å². The van der Waals surface area contributed by atoms with Crippen molar-refractivity contribution < 1.29 is 12.6 Å². The van der Waals surface area contributed by atoms with Crippen LogP contribution in [0.25, 0.3) is 5.69 Å². The van der Waals surface area contributed by atoms with E-state index in [4.69, 9.17) is 4.18 Å². The quantitative estimate of drug-likeness (QED) is 0.803. The SMILES string of the molecule is Cc1ccc(-n2cc(COS(C)(=O)=O)c(C)n2)cc1. The third kappa shape index (κ3) is 3.65. The highest BCUT2D eigenvalue weighted by atomic mass is 32.2. The van der Waals surface area contributed by atoms with Gasteiger partial charge in [-0.2, -0.15) is 13.5 Å². The lowest BCUT2D eigenvalue weighted by atomic mass is 10.2. The summed E-state index contributed by atoms with van der Waals surface area (Å²) in [6, 6.07) is 7.92. The zero-order valence-corrected chi connectivity index (χ0v) is 11.9. The molecule has 1 aromatic carbocycles. The summed E-state index contributed by atoms with van der Waals surface area (Å²) in [7, 11) is -3.44. The number of hydrogen-bond acceptors (Lipinski definition) is 4. The third-order valence-corrected chi connectivity index (χ3v) is 3.27. The lowest BCUT2D eigenvalue weighted by Crippen LogP contribution is -2.02. The van der Waals surface area contributed by atoms with Gasteiger partial charge in [-0.25, -0.2) is 4.68 Å². The van der Waals surface area contributed by atoms with Crippen LogP contribution in [-0.4, -0.2) is 24.5 Å². The number of hydrogen-bond donors (Lipinski definition) is 0. The Morgan fingerprint density at radius 1 is 1.21 bits per heavy atom. The van der Waals surface area contributed by atoms with Crippen molar-refractivity contribution in [1.29, 1.82) is 0 Å². The van der Waals surface area contributed by atoms with E-state index in [1.54, 1.807) is 10.9 Å². The molecular formula is C13H16N2O3S. The molecule has 0 fully saturated rings. The first-order valence-electron chi connectivity index (χ1n) is 5.82. The van der Waals surface area contributed by atoms with Crippen LogP contribution in [0, 0.1) is 13.8 Å². The van der Waals surface area contributed by atoms with Gasteiger partial charge in [0.15, 0.2) is 0 Å². The van der Waals surface area contributed by atoms with E-state index in [2.05, 4.69) is 5.10 Å². The van der Waals surface area contributed by atoms with E-state index >= 15 is 0 Å². The molecule has 1 aromatic heterocycles. The Hall–Kier alpha value is -1.66. The fraction of sp³-hybridized carbons (Fsp3) is 0.308. The molecule has 0 aliphatic carbocycles. The first-order chi connectivity index (χ1) is 8.85. The summed E-state index contributed by atoms with van der Waals surface area (Å²) >= 11 is 0. The van der Waals surface area contributed by atoms with E-state index in [0.717, 1.165) is 23.2 Å². The molecular weight excluding hydrogens is 264 g/mol. The van der Waals surface area contributed by atoms with Gasteiger partial charge in [-0.15, -0.1) is 0 Å². The van der Waals surface area contributed by atoms with E-state index in [9.17, 15) is 8.42 Å². The van der Waals surface area contributed by atoms with Gasteiger partial charge in [0.1, 0.15) is 0 Å². The summed E-state index contributed by atoms with van der Waals surface area (Å²) in [6.45, 7) is 3.85. The van der Waals surface area contributed by atoms with Gasteiger partial charge in [0, 0.05) is 11.8 Å². The smallest absolute Gasteiger partial charge is 0.264 e. The van der Waals surface area contributed by atoms with Crippen molar-refractivity contribution in [3.05, 3.63) is 47.3 Å².